The van der Waals surface area contributed by atoms with Gasteiger partial charge in [-0.2, -0.15) is 17.5 Å². The van der Waals surface area contributed by atoms with Gasteiger partial charge in [-0.3, -0.25) is 9.59 Å². The Hall–Kier alpha value is -1.69. The lowest BCUT2D eigenvalue weighted by Crippen LogP contribution is -2.41. The molecule has 0 N–H and O–H groups in total. The molecule has 2 aliphatic carbocycles. The standard InChI is InChI=1S/C48H72N2OS3.C40H64Br2OS2.C18H26B2N2O4S.H2IP/c1-5-7-9-11-13-15-17-19-21-23-25-27-29-33-48(34-30-28-26-24-22-20-18-16-14-12-10-8-6-2)41-36-42(39-32-31-37(3)43-44(39)50-54-49-43)53-46(41)45-40(47(48)51)35-38(4)52-45;1-3-5-7-9-11-13-15-17-19-21-23-25-27-29-40(30-28-26-24-22-20-18-16-14-12-10-8-6-4-2)34-32-36(42)45-38(34)37-33(39(40)43)31-35(41)44-37;1-15(2)16(3,4)24-19(23-15)11-9-10-12(14-13(11)21-27-22-14)20-25-17(5,6)18(7,8)26-20;1-2/h31-32,35-36H,5-30,33-34H2,1-4H3;31-32H,3-30H2,1-2H3;9-10H,1-8H3;2H2. The number of Topliss-reactive ketones (excluding diaryl/α,β-unsaturated/α-hetero) is 2. The summed E-state index contributed by atoms with van der Waals surface area (Å²) in [6.07, 6.45) is 74.5. The van der Waals surface area contributed by atoms with Gasteiger partial charge in [-0.1, -0.05) is 415 Å². The van der Waals surface area contributed by atoms with Gasteiger partial charge < -0.3 is 18.6 Å². The first kappa shape index (κ1) is 110. The first-order valence-electron chi connectivity index (χ1n) is 51.2. The average Bonchev–Trinajstić information content (AvgIpc) is 1.55. The lowest BCUT2D eigenvalue weighted by Gasteiger charge is -2.36. The largest absolute Gasteiger partial charge is 0.497 e. The normalized spacial score (nSPS) is 16.0. The van der Waals surface area contributed by atoms with Gasteiger partial charge in [0.1, 0.15) is 22.1 Å². The van der Waals surface area contributed by atoms with Crippen molar-refractivity contribution in [1.82, 2.24) is 17.5 Å². The summed E-state index contributed by atoms with van der Waals surface area (Å²) in [4.78, 5) is 36.9. The summed E-state index contributed by atoms with van der Waals surface area (Å²) in [7, 11) is -0.956. The SMILES string of the molecule is CC1(C)OB(c2ccc(B3OC(C)(C)C(C)(C)O3)c3nsnc23)OC1(C)C.CCCCCCCCCCCCCCCC1(CCCCCCCCCCCCCCC)C(=O)c2cc(Br)sc2-c2sc(Br)cc21.CCCCCCCCCCCCCCCC1(CCCCCCCCCCCCCCC)C(=O)c2cc(C)sc2-c2sc(-c3ccc(C)c4nsnc34)cc21.PI. The third kappa shape index (κ3) is 31.2. The fourth-order valence-corrected chi connectivity index (χ4v) is 26.8. The number of carbonyl (C=O) groups excluding carboxylic acids is 2. The molecule has 2 aromatic carbocycles. The van der Waals surface area contributed by atoms with E-state index in [1.54, 1.807) is 11.3 Å². The zero-order chi connectivity index (χ0) is 92.0. The van der Waals surface area contributed by atoms with Crippen LogP contribution in [0.3, 0.4) is 0 Å². The van der Waals surface area contributed by atoms with Crippen molar-refractivity contribution >= 4 is 188 Å². The highest BCUT2D eigenvalue weighted by atomic mass is 127. The number of halogens is 3. The average molecular weight is 2120 g/mol. The van der Waals surface area contributed by atoms with Crippen LogP contribution in [0.4, 0.5) is 0 Å². The van der Waals surface area contributed by atoms with E-state index in [1.165, 1.54) is 383 Å². The molecule has 128 heavy (non-hydrogen) atoms. The van der Waals surface area contributed by atoms with E-state index in [0.29, 0.717) is 11.6 Å². The van der Waals surface area contributed by atoms with Crippen molar-refractivity contribution in [3.63, 3.8) is 0 Å². The number of hydrogen-bond donors (Lipinski definition) is 0. The highest BCUT2D eigenvalue weighted by Gasteiger charge is 2.56. The Morgan fingerprint density at radius 2 is 0.594 bits per heavy atom. The molecule has 10 nitrogen and oxygen atoms in total. The van der Waals surface area contributed by atoms with Crippen LogP contribution in [-0.4, -0.2) is 65.7 Å². The van der Waals surface area contributed by atoms with Crippen LogP contribution < -0.4 is 10.9 Å². The van der Waals surface area contributed by atoms with Crippen LogP contribution in [-0.2, 0) is 29.4 Å². The van der Waals surface area contributed by atoms with E-state index in [-0.39, 0.29) is 5.41 Å². The van der Waals surface area contributed by atoms with Crippen molar-refractivity contribution in [1.29, 1.82) is 0 Å². The second kappa shape index (κ2) is 57.0. The van der Waals surface area contributed by atoms with Crippen LogP contribution >= 0.6 is 130 Å². The number of nitrogens with zero attached hydrogens (tertiary/aromatic N) is 4. The Balaban J connectivity index is 0.000000225. The molecule has 2 aliphatic heterocycles. The van der Waals surface area contributed by atoms with Crippen molar-refractivity contribution in [2.45, 2.75) is 490 Å². The minimum absolute atomic E-state index is 0.346. The molecule has 12 rings (SSSR count). The number of carbonyl (C=O) groups is 2. The smallest absolute Gasteiger partial charge is 0.399 e. The molecule has 1 atom stereocenters. The number of aryl methyl sites for hydroxylation is 2. The minimum Gasteiger partial charge on any atom is -0.399 e. The topological polar surface area (TPSA) is 123 Å². The van der Waals surface area contributed by atoms with Gasteiger partial charge in [-0.15, -0.1) is 45.3 Å². The Bertz CT molecular complexity index is 4380. The van der Waals surface area contributed by atoms with Gasteiger partial charge in [0.15, 0.2) is 11.6 Å². The molecule has 0 bridgehead atoms. The maximum Gasteiger partial charge on any atom is 0.497 e. The summed E-state index contributed by atoms with van der Waals surface area (Å²) in [6.45, 7) is 32.2. The molecule has 8 aromatic rings. The lowest BCUT2D eigenvalue weighted by atomic mass is 9.65. The molecule has 22 heteroatoms. The highest BCUT2D eigenvalue weighted by molar-refractivity contribution is 14.2. The molecular weight excluding hydrogens is 1960 g/mol. The van der Waals surface area contributed by atoms with Crippen LogP contribution in [0.25, 0.3) is 52.0 Å². The van der Waals surface area contributed by atoms with Crippen molar-refractivity contribution in [2.24, 2.45) is 0 Å². The Labute approximate surface area is 834 Å². The van der Waals surface area contributed by atoms with E-state index >= 15 is 0 Å². The second-order valence-electron chi connectivity index (χ2n) is 40.1. The molecular formula is C106H164B2Br2IN4O6PS6. The number of unbranched alkanes of at least 4 members (excludes halogenated alkanes) is 48. The maximum absolute atomic E-state index is 15.0. The summed E-state index contributed by atoms with van der Waals surface area (Å²) >= 11 is 19.3. The van der Waals surface area contributed by atoms with Crippen LogP contribution in [0.5, 0.6) is 0 Å². The summed E-state index contributed by atoms with van der Waals surface area (Å²) in [5, 5.41) is 0. The van der Waals surface area contributed by atoms with E-state index in [2.05, 4.69) is 152 Å². The monoisotopic (exact) mass is 2120 g/mol. The zero-order valence-electron chi connectivity index (χ0n) is 81.8. The van der Waals surface area contributed by atoms with Crippen molar-refractivity contribution in [2.75, 3.05) is 0 Å². The fraction of sp³-hybridized carbons (Fsp3) is 0.717. The second-order valence-corrected chi connectivity index (χ2v) is 48.3. The van der Waals surface area contributed by atoms with Crippen molar-refractivity contribution in [3.8, 4) is 29.9 Å². The predicted molar refractivity (Wildman–Crippen MR) is 582 cm³/mol. The Kier molecular flexibility index (Phi) is 49.0. The van der Waals surface area contributed by atoms with Gasteiger partial charge in [-0.25, -0.2) is 0 Å². The molecule has 2 saturated heterocycles. The molecule has 8 heterocycles. The van der Waals surface area contributed by atoms with Gasteiger partial charge in [0, 0.05) is 42.2 Å². The number of thiophene rings is 4. The molecule has 0 saturated carbocycles. The molecule has 4 aliphatic rings. The minimum atomic E-state index is -0.478. The molecule has 6 aromatic heterocycles. The van der Waals surface area contributed by atoms with Crippen LogP contribution in [0.2, 0.25) is 0 Å². The molecule has 0 spiro atoms. The molecule has 1 unspecified atom stereocenters. The Morgan fingerprint density at radius 1 is 0.320 bits per heavy atom. The summed E-state index contributed by atoms with van der Waals surface area (Å²) in [5.74, 6) is 0.802. The van der Waals surface area contributed by atoms with Gasteiger partial charge in [-0.05, 0) is 168 Å². The number of fused-ring (bicyclic) bond motifs is 8. The third-order valence-corrected chi connectivity index (χ3v) is 35.9. The first-order valence-corrected chi connectivity index (χ1v) is 61.7. The zero-order valence-corrected chi connectivity index (χ0v) is 93.2. The first-order chi connectivity index (χ1) is 61.9. The molecule has 0 amide bonds. The van der Waals surface area contributed by atoms with Crippen LogP contribution in [0.1, 0.15) is 485 Å². The number of ketones is 2. The fourth-order valence-electron chi connectivity index (χ4n) is 19.7. The van der Waals surface area contributed by atoms with Crippen molar-refractivity contribution < 1.29 is 28.2 Å². The van der Waals surface area contributed by atoms with E-state index in [0.717, 1.165) is 103 Å². The number of hydrogen-bond acceptors (Lipinski definition) is 16. The Morgan fingerprint density at radius 3 is 0.938 bits per heavy atom. The van der Waals surface area contributed by atoms with Crippen LogP contribution in [0.15, 0.2) is 56.1 Å². The maximum atomic E-state index is 15.0. The van der Waals surface area contributed by atoms with Crippen molar-refractivity contribution in [3.05, 3.63) is 88.8 Å². The van der Waals surface area contributed by atoms with Gasteiger partial charge >= 0.3 is 14.2 Å². The number of aromatic nitrogens is 4. The van der Waals surface area contributed by atoms with E-state index in [4.69, 9.17) is 23.0 Å². The molecule has 0 radical (unpaired) electrons. The van der Waals surface area contributed by atoms with E-state index in [1.807, 2.05) is 102 Å². The molecule has 2 fully saturated rings. The van der Waals surface area contributed by atoms with E-state index in [9.17, 15) is 9.59 Å². The molecule has 712 valence electrons. The number of rotatable bonds is 59. The van der Waals surface area contributed by atoms with Gasteiger partial charge in [0.25, 0.3) is 0 Å². The summed E-state index contributed by atoms with van der Waals surface area (Å²) < 4.78 is 45.5. The summed E-state index contributed by atoms with van der Waals surface area (Å²) in [6, 6.07) is 17.5. The predicted octanol–water partition coefficient (Wildman–Crippen LogP) is 37.1. The highest BCUT2D eigenvalue weighted by Crippen LogP contribution is 2.58. The van der Waals surface area contributed by atoms with E-state index < -0.39 is 42.1 Å². The van der Waals surface area contributed by atoms with Gasteiger partial charge in [0.05, 0.1) is 78.9 Å². The summed E-state index contributed by atoms with van der Waals surface area (Å²) in [5.41, 5.74) is 9.91. The third-order valence-electron chi connectivity index (χ3n) is 29.0. The van der Waals surface area contributed by atoms with Crippen LogP contribution in [0, 0.1) is 13.8 Å². The van der Waals surface area contributed by atoms with Gasteiger partial charge in [0.2, 0.25) is 0 Å². The lowest BCUT2D eigenvalue weighted by molar-refractivity contribution is 0.00578. The quantitative estimate of drug-likeness (QED) is 0.0158. The number of benzene rings is 2.